The fourth-order valence-electron chi connectivity index (χ4n) is 2.44. The SMILES string of the molecule is CC(C)(C)c1ccccc1OCC(=O)NCc1cccnc1OCC(F)(F)F. The van der Waals surface area contributed by atoms with E-state index in [2.05, 4.69) is 10.3 Å². The van der Waals surface area contributed by atoms with Gasteiger partial charge in [0.2, 0.25) is 5.88 Å². The molecule has 0 aliphatic heterocycles. The molecule has 1 amide bonds. The first-order chi connectivity index (χ1) is 13.1. The molecule has 0 saturated heterocycles. The average Bonchev–Trinajstić information content (AvgIpc) is 2.62. The van der Waals surface area contributed by atoms with Gasteiger partial charge in [0, 0.05) is 18.3 Å². The maximum Gasteiger partial charge on any atom is 0.422 e. The molecule has 0 unspecified atom stereocenters. The second-order valence-corrected chi connectivity index (χ2v) is 7.18. The molecule has 1 heterocycles. The van der Waals surface area contributed by atoms with Crippen molar-refractivity contribution in [3.63, 3.8) is 0 Å². The van der Waals surface area contributed by atoms with E-state index in [0.29, 0.717) is 11.3 Å². The molecule has 0 fully saturated rings. The highest BCUT2D eigenvalue weighted by Crippen LogP contribution is 2.30. The molecule has 5 nitrogen and oxygen atoms in total. The standard InChI is InChI=1S/C20H23F3N2O3/c1-19(2,3)15-8-4-5-9-16(15)27-12-17(26)25-11-14-7-6-10-24-18(14)28-13-20(21,22)23/h4-10H,11-13H2,1-3H3,(H,25,26). The van der Waals surface area contributed by atoms with Crippen LogP contribution in [0.4, 0.5) is 13.2 Å². The summed E-state index contributed by atoms with van der Waals surface area (Å²) in [6, 6.07) is 10.5. The molecule has 0 atom stereocenters. The third-order valence-electron chi connectivity index (χ3n) is 3.75. The minimum atomic E-state index is -4.47. The fraction of sp³-hybridized carbons (Fsp3) is 0.400. The van der Waals surface area contributed by atoms with Gasteiger partial charge in [-0.1, -0.05) is 45.0 Å². The highest BCUT2D eigenvalue weighted by Gasteiger charge is 2.29. The smallest absolute Gasteiger partial charge is 0.422 e. The number of alkyl halides is 3. The van der Waals surface area contributed by atoms with Crippen LogP contribution in [-0.2, 0) is 16.8 Å². The number of hydrogen-bond acceptors (Lipinski definition) is 4. The van der Waals surface area contributed by atoms with E-state index in [4.69, 9.17) is 9.47 Å². The van der Waals surface area contributed by atoms with Crippen molar-refractivity contribution >= 4 is 5.91 Å². The number of benzene rings is 1. The zero-order valence-electron chi connectivity index (χ0n) is 16.0. The average molecular weight is 396 g/mol. The lowest BCUT2D eigenvalue weighted by molar-refractivity contribution is -0.154. The Hall–Kier alpha value is -2.77. The van der Waals surface area contributed by atoms with Crippen LogP contribution in [0.5, 0.6) is 11.6 Å². The molecular weight excluding hydrogens is 373 g/mol. The van der Waals surface area contributed by atoms with Crippen molar-refractivity contribution < 1.29 is 27.4 Å². The van der Waals surface area contributed by atoms with Crippen LogP contribution in [0, 0.1) is 0 Å². The minimum absolute atomic E-state index is 0.0237. The summed E-state index contributed by atoms with van der Waals surface area (Å²) in [5, 5.41) is 2.60. The van der Waals surface area contributed by atoms with E-state index in [1.54, 1.807) is 12.1 Å². The first-order valence-corrected chi connectivity index (χ1v) is 8.69. The summed E-state index contributed by atoms with van der Waals surface area (Å²) in [5.74, 6) is 0.0363. The summed E-state index contributed by atoms with van der Waals surface area (Å²) in [5.41, 5.74) is 1.17. The van der Waals surface area contributed by atoms with Crippen molar-refractivity contribution in [2.75, 3.05) is 13.2 Å². The number of nitrogens with one attached hydrogen (secondary N) is 1. The number of amides is 1. The summed E-state index contributed by atoms with van der Waals surface area (Å²) < 4.78 is 47.3. The van der Waals surface area contributed by atoms with Crippen LogP contribution in [0.15, 0.2) is 42.6 Å². The third kappa shape index (κ3) is 6.75. The molecule has 0 saturated carbocycles. The van der Waals surface area contributed by atoms with E-state index in [9.17, 15) is 18.0 Å². The second-order valence-electron chi connectivity index (χ2n) is 7.18. The molecule has 2 aromatic rings. The molecule has 2 rings (SSSR count). The van der Waals surface area contributed by atoms with Crippen LogP contribution in [0.1, 0.15) is 31.9 Å². The maximum absolute atomic E-state index is 12.3. The molecule has 0 radical (unpaired) electrons. The normalized spacial score (nSPS) is 11.8. The molecule has 1 aromatic carbocycles. The Morgan fingerprint density at radius 2 is 1.79 bits per heavy atom. The van der Waals surface area contributed by atoms with Crippen molar-refractivity contribution in [1.29, 1.82) is 0 Å². The molecule has 152 valence electrons. The van der Waals surface area contributed by atoms with Crippen LogP contribution >= 0.6 is 0 Å². The van der Waals surface area contributed by atoms with Gasteiger partial charge in [-0.2, -0.15) is 13.2 Å². The predicted octanol–water partition coefficient (Wildman–Crippen LogP) is 4.02. The first-order valence-electron chi connectivity index (χ1n) is 8.69. The van der Waals surface area contributed by atoms with Gasteiger partial charge in [0.25, 0.3) is 5.91 Å². The van der Waals surface area contributed by atoms with Crippen LogP contribution in [0.3, 0.4) is 0 Å². The molecule has 28 heavy (non-hydrogen) atoms. The minimum Gasteiger partial charge on any atom is -0.483 e. The van der Waals surface area contributed by atoms with Gasteiger partial charge in [-0.3, -0.25) is 4.79 Å². The number of halogens is 3. The van der Waals surface area contributed by atoms with Gasteiger partial charge in [-0.25, -0.2) is 4.98 Å². The van der Waals surface area contributed by atoms with Crippen molar-refractivity contribution in [1.82, 2.24) is 10.3 Å². The summed E-state index contributed by atoms with van der Waals surface area (Å²) in [6.45, 7) is 4.44. The zero-order valence-corrected chi connectivity index (χ0v) is 16.0. The molecule has 0 bridgehead atoms. The maximum atomic E-state index is 12.3. The van der Waals surface area contributed by atoms with Gasteiger partial charge in [0.1, 0.15) is 5.75 Å². The summed E-state index contributed by atoms with van der Waals surface area (Å²) in [4.78, 5) is 15.9. The Kier molecular flexibility index (Phi) is 6.88. The van der Waals surface area contributed by atoms with E-state index < -0.39 is 18.7 Å². The molecule has 0 aliphatic rings. The van der Waals surface area contributed by atoms with Crippen LogP contribution < -0.4 is 14.8 Å². The number of carbonyl (C=O) groups excluding carboxylic acids is 1. The van der Waals surface area contributed by atoms with E-state index in [1.807, 2.05) is 39.0 Å². The summed E-state index contributed by atoms with van der Waals surface area (Å²) in [7, 11) is 0. The predicted molar refractivity (Wildman–Crippen MR) is 98.3 cm³/mol. The van der Waals surface area contributed by atoms with E-state index >= 15 is 0 Å². The lowest BCUT2D eigenvalue weighted by Gasteiger charge is -2.22. The Morgan fingerprint density at radius 3 is 2.46 bits per heavy atom. The van der Waals surface area contributed by atoms with Crippen LogP contribution in [-0.4, -0.2) is 30.3 Å². The highest BCUT2D eigenvalue weighted by atomic mass is 19.4. The number of ether oxygens (including phenoxy) is 2. The van der Waals surface area contributed by atoms with Gasteiger partial charge in [-0.15, -0.1) is 0 Å². The quantitative estimate of drug-likeness (QED) is 0.768. The molecule has 8 heteroatoms. The molecular formula is C20H23F3N2O3. The number of rotatable bonds is 7. The lowest BCUT2D eigenvalue weighted by atomic mass is 9.86. The van der Waals surface area contributed by atoms with Crippen molar-refractivity contribution in [2.24, 2.45) is 0 Å². The van der Waals surface area contributed by atoms with Crippen molar-refractivity contribution in [2.45, 2.75) is 38.9 Å². The number of pyridine rings is 1. The fourth-order valence-corrected chi connectivity index (χ4v) is 2.44. The van der Waals surface area contributed by atoms with Gasteiger partial charge in [0.05, 0.1) is 0 Å². The lowest BCUT2D eigenvalue weighted by Crippen LogP contribution is -2.29. The van der Waals surface area contributed by atoms with Gasteiger partial charge >= 0.3 is 6.18 Å². The summed E-state index contributed by atoms with van der Waals surface area (Å²) >= 11 is 0. The molecule has 1 aromatic heterocycles. The summed E-state index contributed by atoms with van der Waals surface area (Å²) in [6.07, 6.45) is -3.14. The number of para-hydroxylation sites is 1. The first kappa shape index (κ1) is 21.5. The Morgan fingerprint density at radius 1 is 1.07 bits per heavy atom. The van der Waals surface area contributed by atoms with Crippen molar-refractivity contribution in [3.05, 3.63) is 53.7 Å². The highest BCUT2D eigenvalue weighted by molar-refractivity contribution is 5.77. The van der Waals surface area contributed by atoms with Crippen LogP contribution in [0.25, 0.3) is 0 Å². The van der Waals surface area contributed by atoms with Gasteiger partial charge in [0.15, 0.2) is 13.2 Å². The second kappa shape index (κ2) is 8.95. The Balaban J connectivity index is 1.92. The number of hydrogen-bond donors (Lipinski definition) is 1. The van der Waals surface area contributed by atoms with E-state index in [-0.39, 0.29) is 24.4 Å². The molecule has 0 aliphatic carbocycles. The van der Waals surface area contributed by atoms with E-state index in [1.165, 1.54) is 12.3 Å². The van der Waals surface area contributed by atoms with E-state index in [0.717, 1.165) is 5.56 Å². The van der Waals surface area contributed by atoms with Gasteiger partial charge in [-0.05, 0) is 23.1 Å². The Bertz CT molecular complexity index is 802. The van der Waals surface area contributed by atoms with Crippen LogP contribution in [0.2, 0.25) is 0 Å². The van der Waals surface area contributed by atoms with Gasteiger partial charge < -0.3 is 14.8 Å². The molecule has 0 spiro atoms. The monoisotopic (exact) mass is 396 g/mol. The molecule has 1 N–H and O–H groups in total. The largest absolute Gasteiger partial charge is 0.483 e. The number of nitrogens with zero attached hydrogens (tertiary/aromatic N) is 1. The third-order valence-corrected chi connectivity index (χ3v) is 3.75. The number of carbonyl (C=O) groups is 1. The topological polar surface area (TPSA) is 60.5 Å². The Labute approximate surface area is 161 Å². The number of aromatic nitrogens is 1. The zero-order chi connectivity index (χ0) is 20.8. The van der Waals surface area contributed by atoms with Crippen molar-refractivity contribution in [3.8, 4) is 11.6 Å².